The van der Waals surface area contributed by atoms with E-state index < -0.39 is 0 Å². The number of hydrogen-bond acceptors (Lipinski definition) is 3. The summed E-state index contributed by atoms with van der Waals surface area (Å²) in [4.78, 5) is 20.2. The highest BCUT2D eigenvalue weighted by Gasteiger charge is 2.28. The van der Waals surface area contributed by atoms with Crippen molar-refractivity contribution in [3.8, 4) is 0 Å². The molecule has 0 aliphatic carbocycles. The molecule has 1 unspecified atom stereocenters. The maximum absolute atomic E-state index is 12.2. The third kappa shape index (κ3) is 2.58. The van der Waals surface area contributed by atoms with E-state index in [-0.39, 0.29) is 5.91 Å². The van der Waals surface area contributed by atoms with Gasteiger partial charge in [-0.15, -0.1) is 0 Å². The standard InChI is InChI=1S/C12H16ClN3O/c1-15(2)9-4-6-16(8-9)12(17)10-7-14-5-3-11(10)13/h3,5,7,9H,4,6,8H2,1-2H3. The third-order valence-electron chi connectivity index (χ3n) is 3.18. The number of hydrogen-bond donors (Lipinski definition) is 0. The van der Waals surface area contributed by atoms with Gasteiger partial charge >= 0.3 is 0 Å². The molecule has 1 amide bonds. The Morgan fingerprint density at radius 1 is 1.59 bits per heavy atom. The fraction of sp³-hybridized carbons (Fsp3) is 0.500. The number of halogens is 1. The quantitative estimate of drug-likeness (QED) is 0.802. The summed E-state index contributed by atoms with van der Waals surface area (Å²) in [6.07, 6.45) is 4.13. The minimum Gasteiger partial charge on any atom is -0.337 e. The van der Waals surface area contributed by atoms with Gasteiger partial charge < -0.3 is 9.80 Å². The summed E-state index contributed by atoms with van der Waals surface area (Å²) < 4.78 is 0. The van der Waals surface area contributed by atoms with Gasteiger partial charge in [-0.3, -0.25) is 9.78 Å². The summed E-state index contributed by atoms with van der Waals surface area (Å²) >= 11 is 6.00. The van der Waals surface area contributed by atoms with Crippen LogP contribution in [-0.4, -0.2) is 53.9 Å². The number of carbonyl (C=O) groups excluding carboxylic acids is 1. The predicted molar refractivity (Wildman–Crippen MR) is 67.2 cm³/mol. The maximum Gasteiger partial charge on any atom is 0.256 e. The SMILES string of the molecule is CN(C)C1CCN(C(=O)c2cnccc2Cl)C1. The molecule has 0 radical (unpaired) electrons. The predicted octanol–water partition coefficient (Wildman–Crippen LogP) is 1.51. The van der Waals surface area contributed by atoms with Gasteiger partial charge in [0.1, 0.15) is 0 Å². The molecular formula is C12H16ClN3O. The van der Waals surface area contributed by atoms with E-state index in [1.165, 1.54) is 6.20 Å². The van der Waals surface area contributed by atoms with Gasteiger partial charge in [0, 0.05) is 31.5 Å². The number of likely N-dealkylation sites (N-methyl/N-ethyl adjacent to an activating group) is 1. The zero-order valence-corrected chi connectivity index (χ0v) is 10.8. The van der Waals surface area contributed by atoms with Crippen LogP contribution in [0.25, 0.3) is 0 Å². The Kier molecular flexibility index (Phi) is 3.64. The molecule has 0 aromatic carbocycles. The second-order valence-electron chi connectivity index (χ2n) is 4.51. The molecule has 92 valence electrons. The van der Waals surface area contributed by atoms with Gasteiger partial charge in [-0.2, -0.15) is 0 Å². The van der Waals surface area contributed by atoms with E-state index in [2.05, 4.69) is 9.88 Å². The third-order valence-corrected chi connectivity index (χ3v) is 3.51. The monoisotopic (exact) mass is 253 g/mol. The zero-order chi connectivity index (χ0) is 12.4. The average Bonchev–Trinajstić information content (AvgIpc) is 2.78. The van der Waals surface area contributed by atoms with Crippen molar-refractivity contribution in [2.45, 2.75) is 12.5 Å². The Bertz CT molecular complexity index is 422. The van der Waals surface area contributed by atoms with Gasteiger partial charge in [0.15, 0.2) is 0 Å². The van der Waals surface area contributed by atoms with Gasteiger partial charge in [-0.1, -0.05) is 11.6 Å². The van der Waals surface area contributed by atoms with Crippen LogP contribution >= 0.6 is 11.6 Å². The van der Waals surface area contributed by atoms with Crippen molar-refractivity contribution in [2.75, 3.05) is 27.2 Å². The second kappa shape index (κ2) is 5.02. The number of rotatable bonds is 2. The molecule has 1 fully saturated rings. The van der Waals surface area contributed by atoms with Crippen molar-refractivity contribution >= 4 is 17.5 Å². The lowest BCUT2D eigenvalue weighted by atomic mass is 10.2. The molecule has 0 bridgehead atoms. The van der Waals surface area contributed by atoms with E-state index >= 15 is 0 Å². The first-order chi connectivity index (χ1) is 8.09. The summed E-state index contributed by atoms with van der Waals surface area (Å²) in [6.45, 7) is 1.55. The van der Waals surface area contributed by atoms with Crippen molar-refractivity contribution in [2.24, 2.45) is 0 Å². The molecule has 1 aliphatic heterocycles. The number of amides is 1. The lowest BCUT2D eigenvalue weighted by Crippen LogP contribution is -2.34. The molecule has 1 atom stereocenters. The highest BCUT2D eigenvalue weighted by Crippen LogP contribution is 2.20. The summed E-state index contributed by atoms with van der Waals surface area (Å²) in [6, 6.07) is 2.09. The number of nitrogens with zero attached hydrogens (tertiary/aromatic N) is 3. The number of pyridine rings is 1. The van der Waals surface area contributed by atoms with Crippen LogP contribution in [0.2, 0.25) is 5.02 Å². The Morgan fingerprint density at radius 3 is 2.94 bits per heavy atom. The van der Waals surface area contributed by atoms with Gasteiger partial charge in [-0.25, -0.2) is 0 Å². The Hall–Kier alpha value is -1.13. The molecule has 5 heteroatoms. The molecular weight excluding hydrogens is 238 g/mol. The van der Waals surface area contributed by atoms with Crippen molar-refractivity contribution in [1.29, 1.82) is 0 Å². The van der Waals surface area contributed by atoms with Gasteiger partial charge in [0.2, 0.25) is 0 Å². The molecule has 2 rings (SSSR count). The van der Waals surface area contributed by atoms with Crippen LogP contribution in [0.5, 0.6) is 0 Å². The summed E-state index contributed by atoms with van der Waals surface area (Å²) in [5.74, 6) is -0.0209. The lowest BCUT2D eigenvalue weighted by Gasteiger charge is -2.20. The van der Waals surface area contributed by atoms with Crippen molar-refractivity contribution < 1.29 is 4.79 Å². The minimum absolute atomic E-state index is 0.0209. The molecule has 0 saturated carbocycles. The van der Waals surface area contributed by atoms with Crippen LogP contribution in [0.4, 0.5) is 0 Å². The van der Waals surface area contributed by atoms with E-state index in [0.717, 1.165) is 19.5 Å². The summed E-state index contributed by atoms with van der Waals surface area (Å²) in [7, 11) is 4.07. The van der Waals surface area contributed by atoms with E-state index in [1.54, 1.807) is 12.3 Å². The topological polar surface area (TPSA) is 36.4 Å². The number of carbonyl (C=O) groups is 1. The maximum atomic E-state index is 12.2. The molecule has 2 heterocycles. The fourth-order valence-corrected chi connectivity index (χ4v) is 2.24. The Labute approximate surface area is 106 Å². The molecule has 1 aromatic rings. The minimum atomic E-state index is -0.0209. The van der Waals surface area contributed by atoms with E-state index in [4.69, 9.17) is 11.6 Å². The van der Waals surface area contributed by atoms with Gasteiger partial charge in [0.25, 0.3) is 5.91 Å². The molecule has 1 aliphatic rings. The van der Waals surface area contributed by atoms with E-state index in [9.17, 15) is 4.79 Å². The fourth-order valence-electron chi connectivity index (χ4n) is 2.05. The van der Waals surface area contributed by atoms with E-state index in [1.807, 2.05) is 19.0 Å². The molecule has 4 nitrogen and oxygen atoms in total. The van der Waals surface area contributed by atoms with Gasteiger partial charge in [0.05, 0.1) is 10.6 Å². The van der Waals surface area contributed by atoms with Crippen LogP contribution < -0.4 is 0 Å². The van der Waals surface area contributed by atoms with Gasteiger partial charge in [-0.05, 0) is 26.6 Å². The molecule has 0 N–H and O–H groups in total. The molecule has 1 saturated heterocycles. The normalized spacial score (nSPS) is 20.0. The number of likely N-dealkylation sites (tertiary alicyclic amines) is 1. The van der Waals surface area contributed by atoms with Crippen LogP contribution in [0.1, 0.15) is 16.8 Å². The summed E-state index contributed by atoms with van der Waals surface area (Å²) in [5, 5.41) is 0.471. The largest absolute Gasteiger partial charge is 0.337 e. The summed E-state index contributed by atoms with van der Waals surface area (Å²) in [5.41, 5.74) is 0.494. The van der Waals surface area contributed by atoms with Crippen LogP contribution in [0.15, 0.2) is 18.5 Å². The van der Waals surface area contributed by atoms with Crippen LogP contribution in [0, 0.1) is 0 Å². The van der Waals surface area contributed by atoms with Crippen LogP contribution in [0.3, 0.4) is 0 Å². The second-order valence-corrected chi connectivity index (χ2v) is 4.92. The Balaban J connectivity index is 2.10. The average molecular weight is 254 g/mol. The highest BCUT2D eigenvalue weighted by molar-refractivity contribution is 6.33. The zero-order valence-electron chi connectivity index (χ0n) is 10.1. The highest BCUT2D eigenvalue weighted by atomic mass is 35.5. The van der Waals surface area contributed by atoms with Crippen molar-refractivity contribution in [3.63, 3.8) is 0 Å². The van der Waals surface area contributed by atoms with Crippen LogP contribution in [-0.2, 0) is 0 Å². The Morgan fingerprint density at radius 2 is 2.35 bits per heavy atom. The van der Waals surface area contributed by atoms with Crippen molar-refractivity contribution in [1.82, 2.24) is 14.8 Å². The first-order valence-corrected chi connectivity index (χ1v) is 6.02. The smallest absolute Gasteiger partial charge is 0.256 e. The first-order valence-electron chi connectivity index (χ1n) is 5.65. The number of aromatic nitrogens is 1. The molecule has 0 spiro atoms. The first kappa shape index (κ1) is 12.3. The lowest BCUT2D eigenvalue weighted by molar-refractivity contribution is 0.0783. The molecule has 17 heavy (non-hydrogen) atoms. The molecule has 1 aromatic heterocycles. The van der Waals surface area contributed by atoms with Crippen molar-refractivity contribution in [3.05, 3.63) is 29.0 Å². The van der Waals surface area contributed by atoms with E-state index in [0.29, 0.717) is 16.6 Å².